The molecule has 2 aromatic carbocycles. The van der Waals surface area contributed by atoms with Gasteiger partial charge in [-0.15, -0.1) is 0 Å². The lowest BCUT2D eigenvalue weighted by molar-refractivity contribution is 0.129. The molecule has 138 valence electrons. The van der Waals surface area contributed by atoms with Gasteiger partial charge < -0.3 is 10.4 Å². The predicted octanol–water partition coefficient (Wildman–Crippen LogP) is 2.11. The Balaban J connectivity index is 1.70. The summed E-state index contributed by atoms with van der Waals surface area (Å²) in [5.74, 6) is 0.0677. The molecule has 26 heavy (non-hydrogen) atoms. The Morgan fingerprint density at radius 2 is 1.77 bits per heavy atom. The summed E-state index contributed by atoms with van der Waals surface area (Å²) in [6.45, 7) is 2.26. The van der Waals surface area contributed by atoms with Crippen molar-refractivity contribution in [1.82, 2.24) is 10.0 Å². The molecule has 0 aromatic heterocycles. The number of nitrogens with one attached hydrogen (secondary N) is 2. The van der Waals surface area contributed by atoms with Gasteiger partial charge in [0.15, 0.2) is 0 Å². The molecule has 1 heterocycles. The van der Waals surface area contributed by atoms with E-state index in [1.54, 1.807) is 30.3 Å². The lowest BCUT2D eigenvalue weighted by Gasteiger charge is -2.46. The van der Waals surface area contributed by atoms with Crippen LogP contribution in [0.25, 0.3) is 6.08 Å². The third kappa shape index (κ3) is 4.04. The topological polar surface area (TPSA) is 78.4 Å². The molecule has 5 nitrogen and oxygen atoms in total. The quantitative estimate of drug-likeness (QED) is 0.696. The second-order valence-corrected chi connectivity index (χ2v) is 8.19. The number of sulfonamides is 1. The Morgan fingerprint density at radius 3 is 2.38 bits per heavy atom. The Labute approximate surface area is 154 Å². The van der Waals surface area contributed by atoms with Crippen molar-refractivity contribution >= 4 is 16.1 Å². The summed E-state index contributed by atoms with van der Waals surface area (Å²) >= 11 is 0. The van der Waals surface area contributed by atoms with Crippen LogP contribution in [0.4, 0.5) is 0 Å². The minimum Gasteiger partial charge on any atom is -0.395 e. The van der Waals surface area contributed by atoms with E-state index in [2.05, 4.69) is 10.0 Å². The molecule has 1 aliphatic heterocycles. The normalized spacial score (nSPS) is 23.1. The third-order valence-electron chi connectivity index (χ3n) is 4.72. The molecule has 0 radical (unpaired) electrons. The lowest BCUT2D eigenvalue weighted by Crippen LogP contribution is -2.64. The van der Waals surface area contributed by atoms with E-state index in [0.717, 1.165) is 11.1 Å². The van der Waals surface area contributed by atoms with Crippen LogP contribution in [0.5, 0.6) is 0 Å². The largest absolute Gasteiger partial charge is 0.395 e. The molecule has 0 amide bonds. The van der Waals surface area contributed by atoms with Gasteiger partial charge in [-0.1, -0.05) is 54.6 Å². The summed E-state index contributed by atoms with van der Waals surface area (Å²) in [5, 5.41) is 12.8. The first-order valence-corrected chi connectivity index (χ1v) is 10.2. The van der Waals surface area contributed by atoms with Crippen molar-refractivity contribution in [3.63, 3.8) is 0 Å². The zero-order chi connectivity index (χ0) is 18.6. The molecule has 3 N–H and O–H groups in total. The highest BCUT2D eigenvalue weighted by Crippen LogP contribution is 2.32. The predicted molar refractivity (Wildman–Crippen MR) is 103 cm³/mol. The zero-order valence-corrected chi connectivity index (χ0v) is 15.5. The molecule has 1 aliphatic rings. The van der Waals surface area contributed by atoms with E-state index in [9.17, 15) is 13.5 Å². The average molecular weight is 372 g/mol. The summed E-state index contributed by atoms with van der Waals surface area (Å²) in [5.41, 5.74) is 2.21. The van der Waals surface area contributed by atoms with Gasteiger partial charge in [-0.05, 0) is 30.2 Å². The zero-order valence-electron chi connectivity index (χ0n) is 14.7. The van der Waals surface area contributed by atoms with Gasteiger partial charge in [0.1, 0.15) is 0 Å². The molecule has 0 spiro atoms. The van der Waals surface area contributed by atoms with Crippen molar-refractivity contribution in [2.45, 2.75) is 29.8 Å². The van der Waals surface area contributed by atoms with Crippen molar-refractivity contribution in [1.29, 1.82) is 0 Å². The highest BCUT2D eigenvalue weighted by Gasteiger charge is 2.41. The van der Waals surface area contributed by atoms with Crippen molar-refractivity contribution in [3.8, 4) is 0 Å². The van der Waals surface area contributed by atoms with E-state index in [1.165, 1.54) is 0 Å². The smallest absolute Gasteiger partial charge is 0.240 e. The Morgan fingerprint density at radius 1 is 1.08 bits per heavy atom. The SMILES string of the molecule is CC=Cc1ccc([C@@H]2[C@H](CO)N[C@H]2CNS(=O)(=O)c2ccccc2)cc1. The van der Waals surface area contributed by atoms with Crippen LogP contribution in [-0.4, -0.2) is 38.8 Å². The van der Waals surface area contributed by atoms with Crippen molar-refractivity contribution in [3.05, 3.63) is 71.8 Å². The fourth-order valence-corrected chi connectivity index (χ4v) is 4.45. The van der Waals surface area contributed by atoms with Gasteiger partial charge >= 0.3 is 0 Å². The molecule has 1 fully saturated rings. The number of benzene rings is 2. The minimum atomic E-state index is -3.54. The van der Waals surface area contributed by atoms with E-state index < -0.39 is 10.0 Å². The molecule has 0 unspecified atom stereocenters. The molecular formula is C20H24N2O3S. The first-order chi connectivity index (χ1) is 12.5. The van der Waals surface area contributed by atoms with Gasteiger partial charge in [-0.3, -0.25) is 0 Å². The van der Waals surface area contributed by atoms with E-state index >= 15 is 0 Å². The van der Waals surface area contributed by atoms with Crippen molar-refractivity contribution in [2.75, 3.05) is 13.2 Å². The molecule has 3 rings (SSSR count). The molecule has 3 atom stereocenters. The van der Waals surface area contributed by atoms with E-state index in [1.807, 2.05) is 43.3 Å². The van der Waals surface area contributed by atoms with Gasteiger partial charge in [0.05, 0.1) is 11.5 Å². The lowest BCUT2D eigenvalue weighted by atomic mass is 9.77. The number of aliphatic hydroxyl groups excluding tert-OH is 1. The fraction of sp³-hybridized carbons (Fsp3) is 0.300. The van der Waals surface area contributed by atoms with Crippen LogP contribution < -0.4 is 10.0 Å². The number of rotatable bonds is 7. The second kappa shape index (κ2) is 8.14. The molecule has 0 bridgehead atoms. The molecule has 6 heteroatoms. The first kappa shape index (κ1) is 18.8. The van der Waals surface area contributed by atoms with Crippen LogP contribution >= 0.6 is 0 Å². The van der Waals surface area contributed by atoms with Gasteiger partial charge in [-0.25, -0.2) is 13.1 Å². The molecule has 0 saturated carbocycles. The first-order valence-electron chi connectivity index (χ1n) is 8.69. The van der Waals surface area contributed by atoms with Gasteiger partial charge in [0, 0.05) is 24.5 Å². The van der Waals surface area contributed by atoms with E-state index in [-0.39, 0.29) is 36.0 Å². The standard InChI is InChI=1S/C20H24N2O3S/c1-2-6-15-9-11-16(12-10-15)20-18(22-19(20)14-23)13-21-26(24,25)17-7-4-3-5-8-17/h2-12,18-23H,13-14H2,1H3/t18-,19-,20-/m0/s1. The van der Waals surface area contributed by atoms with Gasteiger partial charge in [0.2, 0.25) is 10.0 Å². The van der Waals surface area contributed by atoms with Gasteiger partial charge in [0.25, 0.3) is 0 Å². The summed E-state index contributed by atoms with van der Waals surface area (Å²) in [4.78, 5) is 0.255. The Bertz CT molecular complexity index is 848. The van der Waals surface area contributed by atoms with Crippen LogP contribution in [0, 0.1) is 0 Å². The number of allylic oxidation sites excluding steroid dienone is 1. The van der Waals surface area contributed by atoms with Crippen LogP contribution in [0.1, 0.15) is 24.0 Å². The average Bonchev–Trinajstić information content (AvgIpc) is 2.63. The van der Waals surface area contributed by atoms with Crippen molar-refractivity contribution < 1.29 is 13.5 Å². The van der Waals surface area contributed by atoms with Crippen molar-refractivity contribution in [2.24, 2.45) is 0 Å². The van der Waals surface area contributed by atoms with Crippen LogP contribution in [0.15, 0.2) is 65.6 Å². The molecule has 1 saturated heterocycles. The molecule has 0 aliphatic carbocycles. The second-order valence-electron chi connectivity index (χ2n) is 6.42. The van der Waals surface area contributed by atoms with E-state index in [4.69, 9.17) is 0 Å². The Kier molecular flexibility index (Phi) is 5.88. The summed E-state index contributed by atoms with van der Waals surface area (Å²) < 4.78 is 27.5. The molecular weight excluding hydrogens is 348 g/mol. The van der Waals surface area contributed by atoms with Crippen LogP contribution in [0.2, 0.25) is 0 Å². The number of aliphatic hydroxyl groups is 1. The number of hydrogen-bond donors (Lipinski definition) is 3. The summed E-state index contributed by atoms with van der Waals surface area (Å²) in [6, 6.07) is 16.4. The maximum absolute atomic E-state index is 12.4. The molecule has 2 aromatic rings. The highest BCUT2D eigenvalue weighted by atomic mass is 32.2. The summed E-state index contributed by atoms with van der Waals surface area (Å²) in [6.07, 6.45) is 4.01. The fourth-order valence-electron chi connectivity index (χ4n) is 3.37. The minimum absolute atomic E-state index is 0.0171. The van der Waals surface area contributed by atoms with E-state index in [0.29, 0.717) is 0 Å². The maximum Gasteiger partial charge on any atom is 0.240 e. The third-order valence-corrected chi connectivity index (χ3v) is 6.16. The highest BCUT2D eigenvalue weighted by molar-refractivity contribution is 7.89. The summed E-state index contributed by atoms with van der Waals surface area (Å²) in [7, 11) is -3.54. The number of hydrogen-bond acceptors (Lipinski definition) is 4. The van der Waals surface area contributed by atoms with Gasteiger partial charge in [-0.2, -0.15) is 0 Å². The van der Waals surface area contributed by atoms with Crippen LogP contribution in [0.3, 0.4) is 0 Å². The monoisotopic (exact) mass is 372 g/mol. The maximum atomic E-state index is 12.4. The Hall–Kier alpha value is -1.99. The van der Waals surface area contributed by atoms with Crippen LogP contribution in [-0.2, 0) is 10.0 Å².